The monoisotopic (exact) mass is 245 g/mol. The number of methoxy groups -OCH3 is 1. The Morgan fingerprint density at radius 1 is 1.50 bits per heavy atom. The van der Waals surface area contributed by atoms with E-state index in [1.807, 2.05) is 13.8 Å². The SMILES string of the molecule is COC1CC(NC(=O)C(S)C(C)C)C1(C)C. The lowest BCUT2D eigenvalue weighted by Crippen LogP contribution is -2.62. The molecule has 0 aromatic heterocycles. The first-order valence-electron chi connectivity index (χ1n) is 5.82. The van der Waals surface area contributed by atoms with Crippen LogP contribution in [0.25, 0.3) is 0 Å². The van der Waals surface area contributed by atoms with E-state index < -0.39 is 0 Å². The lowest BCUT2D eigenvalue weighted by atomic mass is 9.64. The minimum atomic E-state index is -0.225. The van der Waals surface area contributed by atoms with Crippen molar-refractivity contribution in [3.05, 3.63) is 0 Å². The molecule has 0 spiro atoms. The van der Waals surface area contributed by atoms with E-state index in [0.717, 1.165) is 6.42 Å². The highest BCUT2D eigenvalue weighted by Gasteiger charge is 2.49. The Labute approximate surface area is 104 Å². The van der Waals surface area contributed by atoms with E-state index in [-0.39, 0.29) is 34.6 Å². The van der Waals surface area contributed by atoms with Crippen LogP contribution in [0.4, 0.5) is 0 Å². The molecule has 1 fully saturated rings. The second-order valence-electron chi connectivity index (χ2n) is 5.53. The molecule has 1 N–H and O–H groups in total. The maximum atomic E-state index is 11.8. The van der Waals surface area contributed by atoms with E-state index in [2.05, 4.69) is 31.8 Å². The van der Waals surface area contributed by atoms with Gasteiger partial charge in [0.1, 0.15) is 0 Å². The molecule has 1 amide bonds. The van der Waals surface area contributed by atoms with Crippen molar-refractivity contribution in [3.63, 3.8) is 0 Å². The van der Waals surface area contributed by atoms with Gasteiger partial charge in [-0.25, -0.2) is 0 Å². The van der Waals surface area contributed by atoms with Gasteiger partial charge in [-0.3, -0.25) is 4.79 Å². The highest BCUT2D eigenvalue weighted by Crippen LogP contribution is 2.42. The maximum Gasteiger partial charge on any atom is 0.233 e. The van der Waals surface area contributed by atoms with E-state index in [4.69, 9.17) is 4.74 Å². The van der Waals surface area contributed by atoms with Crippen molar-refractivity contribution in [2.24, 2.45) is 11.3 Å². The fourth-order valence-corrected chi connectivity index (χ4v) is 2.16. The lowest BCUT2D eigenvalue weighted by molar-refractivity contribution is -0.132. The molecule has 0 saturated heterocycles. The second-order valence-corrected chi connectivity index (χ2v) is 6.09. The molecule has 16 heavy (non-hydrogen) atoms. The average Bonchev–Trinajstić information content (AvgIpc) is 2.21. The Kier molecular flexibility index (Phi) is 4.29. The summed E-state index contributed by atoms with van der Waals surface area (Å²) >= 11 is 4.32. The standard InChI is InChI=1S/C12H23NO2S/c1-7(2)10(16)11(14)13-8-6-9(15-5)12(8,3)4/h7-10,16H,6H2,1-5H3,(H,13,14). The van der Waals surface area contributed by atoms with Crippen LogP contribution in [0.1, 0.15) is 34.1 Å². The van der Waals surface area contributed by atoms with Gasteiger partial charge >= 0.3 is 0 Å². The third-order valence-electron chi connectivity index (χ3n) is 3.68. The van der Waals surface area contributed by atoms with Crippen LogP contribution in [-0.4, -0.2) is 30.4 Å². The Morgan fingerprint density at radius 3 is 2.44 bits per heavy atom. The van der Waals surface area contributed by atoms with Gasteiger partial charge < -0.3 is 10.1 Å². The molecule has 1 aliphatic rings. The molecule has 1 rings (SSSR count). The van der Waals surface area contributed by atoms with Crippen LogP contribution < -0.4 is 5.32 Å². The first-order chi connectivity index (χ1) is 7.30. The number of rotatable bonds is 4. The van der Waals surface area contributed by atoms with Gasteiger partial charge in [-0.2, -0.15) is 12.6 Å². The van der Waals surface area contributed by atoms with Gasteiger partial charge in [-0.15, -0.1) is 0 Å². The molecule has 94 valence electrons. The van der Waals surface area contributed by atoms with Crippen molar-refractivity contribution in [1.82, 2.24) is 5.32 Å². The zero-order valence-electron chi connectivity index (χ0n) is 10.8. The normalized spacial score (nSPS) is 29.7. The summed E-state index contributed by atoms with van der Waals surface area (Å²) < 4.78 is 5.35. The van der Waals surface area contributed by atoms with E-state index in [1.165, 1.54) is 0 Å². The topological polar surface area (TPSA) is 38.3 Å². The summed E-state index contributed by atoms with van der Waals surface area (Å²) in [6, 6.07) is 0.207. The summed E-state index contributed by atoms with van der Waals surface area (Å²) in [5, 5.41) is 2.83. The van der Waals surface area contributed by atoms with Gasteiger partial charge in [0.2, 0.25) is 5.91 Å². The number of amides is 1. The molecule has 1 aliphatic carbocycles. The van der Waals surface area contributed by atoms with Crippen LogP contribution >= 0.6 is 12.6 Å². The molecule has 3 nitrogen and oxygen atoms in total. The van der Waals surface area contributed by atoms with Gasteiger partial charge in [-0.05, 0) is 12.3 Å². The van der Waals surface area contributed by atoms with Crippen molar-refractivity contribution in [3.8, 4) is 0 Å². The third-order valence-corrected chi connectivity index (χ3v) is 4.51. The smallest absolute Gasteiger partial charge is 0.233 e. The van der Waals surface area contributed by atoms with Crippen molar-refractivity contribution in [1.29, 1.82) is 0 Å². The van der Waals surface area contributed by atoms with Gasteiger partial charge in [0.05, 0.1) is 11.4 Å². The highest BCUT2D eigenvalue weighted by atomic mass is 32.1. The van der Waals surface area contributed by atoms with Crippen molar-refractivity contribution in [2.75, 3.05) is 7.11 Å². The zero-order valence-corrected chi connectivity index (χ0v) is 11.7. The van der Waals surface area contributed by atoms with Crippen molar-refractivity contribution in [2.45, 2.75) is 51.5 Å². The number of hydrogen-bond donors (Lipinski definition) is 2. The van der Waals surface area contributed by atoms with Gasteiger partial charge in [0.25, 0.3) is 0 Å². The molecular weight excluding hydrogens is 222 g/mol. The minimum absolute atomic E-state index is 0.0227. The predicted octanol–water partition coefficient (Wildman–Crippen LogP) is 1.87. The summed E-state index contributed by atoms with van der Waals surface area (Å²) in [5.41, 5.74) is 0.0227. The number of nitrogens with one attached hydrogen (secondary N) is 1. The highest BCUT2D eigenvalue weighted by molar-refractivity contribution is 7.81. The second kappa shape index (κ2) is 4.96. The number of carbonyl (C=O) groups is 1. The molecule has 1 saturated carbocycles. The number of carbonyl (C=O) groups excluding carboxylic acids is 1. The molecule has 0 aromatic rings. The summed E-state index contributed by atoms with van der Waals surface area (Å²) in [5.74, 6) is 0.288. The molecule has 0 aromatic carbocycles. The number of hydrogen-bond acceptors (Lipinski definition) is 3. The van der Waals surface area contributed by atoms with Gasteiger partial charge in [0, 0.05) is 18.6 Å². The van der Waals surface area contributed by atoms with Crippen LogP contribution in [0.3, 0.4) is 0 Å². The molecule has 0 aliphatic heterocycles. The van der Waals surface area contributed by atoms with Gasteiger partial charge in [0.15, 0.2) is 0 Å². The lowest BCUT2D eigenvalue weighted by Gasteiger charge is -2.51. The molecule has 3 atom stereocenters. The fourth-order valence-electron chi connectivity index (χ4n) is 2.09. The Morgan fingerprint density at radius 2 is 2.06 bits per heavy atom. The van der Waals surface area contributed by atoms with Crippen molar-refractivity contribution < 1.29 is 9.53 Å². The summed E-state index contributed by atoms with van der Waals surface area (Å²) in [4.78, 5) is 11.8. The molecule has 0 heterocycles. The predicted molar refractivity (Wildman–Crippen MR) is 68.7 cm³/mol. The molecule has 3 unspecified atom stereocenters. The summed E-state index contributed by atoms with van der Waals surface area (Å²) in [7, 11) is 1.72. The Hall–Kier alpha value is -0.220. The van der Waals surface area contributed by atoms with E-state index >= 15 is 0 Å². The molecule has 0 radical (unpaired) electrons. The minimum Gasteiger partial charge on any atom is -0.381 e. The van der Waals surface area contributed by atoms with Gasteiger partial charge in [-0.1, -0.05) is 27.7 Å². The van der Waals surface area contributed by atoms with Crippen molar-refractivity contribution >= 4 is 18.5 Å². The maximum absolute atomic E-state index is 11.8. The zero-order chi connectivity index (χ0) is 12.5. The van der Waals surface area contributed by atoms with Crippen LogP contribution in [0, 0.1) is 11.3 Å². The van der Waals surface area contributed by atoms with E-state index in [9.17, 15) is 4.79 Å². The summed E-state index contributed by atoms with van der Waals surface area (Å²) in [6.45, 7) is 8.25. The molecule has 4 heteroatoms. The fraction of sp³-hybridized carbons (Fsp3) is 0.917. The van der Waals surface area contributed by atoms with Crippen LogP contribution in [0.5, 0.6) is 0 Å². The largest absolute Gasteiger partial charge is 0.381 e. The first kappa shape index (κ1) is 13.8. The number of ether oxygens (including phenoxy) is 1. The van der Waals surface area contributed by atoms with Crippen LogP contribution in [0.2, 0.25) is 0 Å². The average molecular weight is 245 g/mol. The third kappa shape index (κ3) is 2.54. The molecule has 0 bridgehead atoms. The summed E-state index contributed by atoms with van der Waals surface area (Å²) in [6.07, 6.45) is 1.14. The van der Waals surface area contributed by atoms with Crippen LogP contribution in [-0.2, 0) is 9.53 Å². The van der Waals surface area contributed by atoms with Crippen LogP contribution in [0.15, 0.2) is 0 Å². The Balaban J connectivity index is 2.49. The van der Waals surface area contributed by atoms with E-state index in [0.29, 0.717) is 0 Å². The first-order valence-corrected chi connectivity index (χ1v) is 6.33. The number of thiol groups is 1. The quantitative estimate of drug-likeness (QED) is 0.742. The Bertz CT molecular complexity index is 266. The van der Waals surface area contributed by atoms with E-state index in [1.54, 1.807) is 7.11 Å². The molecular formula is C12H23NO2S.